The predicted molar refractivity (Wildman–Crippen MR) is 79.5 cm³/mol. The van der Waals surface area contributed by atoms with Gasteiger partial charge in [0, 0.05) is 7.05 Å². The first-order chi connectivity index (χ1) is 9.81. The van der Waals surface area contributed by atoms with Crippen molar-refractivity contribution in [2.24, 2.45) is 12.2 Å². The highest BCUT2D eigenvalue weighted by molar-refractivity contribution is 7.89. The van der Waals surface area contributed by atoms with Gasteiger partial charge in [0.15, 0.2) is 0 Å². The first kappa shape index (κ1) is 15.5. The number of nitrogens with zero attached hydrogens (tertiary/aromatic N) is 2. The quantitative estimate of drug-likeness (QED) is 0.907. The van der Waals surface area contributed by atoms with Crippen LogP contribution < -0.4 is 9.88 Å². The van der Waals surface area contributed by atoms with Crippen LogP contribution in [0.25, 0.3) is 0 Å². The highest BCUT2D eigenvalue weighted by Crippen LogP contribution is 2.21. The van der Waals surface area contributed by atoms with Gasteiger partial charge in [0.25, 0.3) is 0 Å². The Morgan fingerprint density at radius 1 is 1.33 bits per heavy atom. The van der Waals surface area contributed by atoms with E-state index in [0.717, 1.165) is 17.8 Å². The molecule has 0 amide bonds. The van der Waals surface area contributed by atoms with Crippen LogP contribution in [-0.2, 0) is 30.1 Å². The number of sulfonamides is 1. The maximum atomic E-state index is 11.4. The van der Waals surface area contributed by atoms with E-state index in [0.29, 0.717) is 17.9 Å². The van der Waals surface area contributed by atoms with Crippen molar-refractivity contribution in [3.05, 3.63) is 41.2 Å². The van der Waals surface area contributed by atoms with Crippen molar-refractivity contribution in [3.8, 4) is 5.75 Å². The number of primary sulfonamides is 1. The molecule has 0 fully saturated rings. The number of aryl methyl sites for hydroxylation is 3. The van der Waals surface area contributed by atoms with Gasteiger partial charge in [0.1, 0.15) is 12.4 Å². The Balaban J connectivity index is 2.14. The molecule has 2 rings (SSSR count). The largest absolute Gasteiger partial charge is 0.487 e. The third-order valence-corrected chi connectivity index (χ3v) is 4.30. The van der Waals surface area contributed by atoms with Crippen LogP contribution in [0.2, 0.25) is 0 Å². The predicted octanol–water partition coefficient (Wildman–Crippen LogP) is 1.52. The minimum Gasteiger partial charge on any atom is -0.487 e. The van der Waals surface area contributed by atoms with Gasteiger partial charge in [0.2, 0.25) is 10.0 Å². The Morgan fingerprint density at radius 3 is 2.57 bits per heavy atom. The Labute approximate surface area is 124 Å². The average Bonchev–Trinajstić information content (AvgIpc) is 2.75. The van der Waals surface area contributed by atoms with Crippen LogP contribution in [0.4, 0.5) is 0 Å². The molecule has 1 aromatic carbocycles. The van der Waals surface area contributed by atoms with Crippen molar-refractivity contribution in [2.45, 2.75) is 31.8 Å². The van der Waals surface area contributed by atoms with Gasteiger partial charge in [-0.1, -0.05) is 6.92 Å². The van der Waals surface area contributed by atoms with Gasteiger partial charge < -0.3 is 4.74 Å². The SMILES string of the molecule is CCc1cc(COc2ccc(S(N)(=O)=O)c(C)c2)n(C)n1. The number of ether oxygens (including phenoxy) is 1. The molecule has 0 saturated carbocycles. The first-order valence-electron chi connectivity index (χ1n) is 6.59. The molecule has 0 bridgehead atoms. The smallest absolute Gasteiger partial charge is 0.238 e. The highest BCUT2D eigenvalue weighted by Gasteiger charge is 2.12. The number of benzene rings is 1. The van der Waals surface area contributed by atoms with Gasteiger partial charge >= 0.3 is 0 Å². The third-order valence-electron chi connectivity index (χ3n) is 3.23. The van der Waals surface area contributed by atoms with Crippen LogP contribution in [0.1, 0.15) is 23.9 Å². The van der Waals surface area contributed by atoms with E-state index in [9.17, 15) is 8.42 Å². The minimum absolute atomic E-state index is 0.114. The molecular weight excluding hydrogens is 290 g/mol. The Kier molecular flexibility index (Phi) is 4.34. The first-order valence-corrected chi connectivity index (χ1v) is 8.14. The van der Waals surface area contributed by atoms with Crippen molar-refractivity contribution in [1.82, 2.24) is 9.78 Å². The van der Waals surface area contributed by atoms with Crippen molar-refractivity contribution in [2.75, 3.05) is 0 Å². The molecule has 1 aromatic heterocycles. The second kappa shape index (κ2) is 5.87. The maximum Gasteiger partial charge on any atom is 0.238 e. The molecule has 2 N–H and O–H groups in total. The zero-order chi connectivity index (χ0) is 15.6. The summed E-state index contributed by atoms with van der Waals surface area (Å²) in [6.07, 6.45) is 0.871. The molecule has 0 aliphatic carbocycles. The van der Waals surface area contributed by atoms with Crippen LogP contribution in [0.15, 0.2) is 29.2 Å². The molecule has 1 heterocycles. The molecule has 6 nitrogen and oxygen atoms in total. The molecule has 21 heavy (non-hydrogen) atoms. The van der Waals surface area contributed by atoms with Gasteiger partial charge in [0.05, 0.1) is 16.3 Å². The van der Waals surface area contributed by atoms with Crippen LogP contribution in [0, 0.1) is 6.92 Å². The summed E-state index contributed by atoms with van der Waals surface area (Å²) in [6.45, 7) is 4.10. The zero-order valence-corrected chi connectivity index (χ0v) is 13.1. The van der Waals surface area contributed by atoms with E-state index in [2.05, 4.69) is 5.10 Å². The van der Waals surface area contributed by atoms with E-state index in [1.54, 1.807) is 23.7 Å². The van der Waals surface area contributed by atoms with E-state index in [1.807, 2.05) is 20.0 Å². The molecule has 2 aromatic rings. The molecule has 0 saturated heterocycles. The molecule has 0 aliphatic rings. The lowest BCUT2D eigenvalue weighted by molar-refractivity contribution is 0.294. The van der Waals surface area contributed by atoms with E-state index in [1.165, 1.54) is 6.07 Å². The molecule has 7 heteroatoms. The maximum absolute atomic E-state index is 11.4. The van der Waals surface area contributed by atoms with Gasteiger partial charge in [-0.3, -0.25) is 4.68 Å². The lowest BCUT2D eigenvalue weighted by Gasteiger charge is -2.09. The van der Waals surface area contributed by atoms with Gasteiger partial charge in [-0.2, -0.15) is 5.10 Å². The highest BCUT2D eigenvalue weighted by atomic mass is 32.2. The third kappa shape index (κ3) is 3.62. The zero-order valence-electron chi connectivity index (χ0n) is 12.3. The van der Waals surface area contributed by atoms with E-state index in [-0.39, 0.29) is 4.90 Å². The van der Waals surface area contributed by atoms with Crippen molar-refractivity contribution < 1.29 is 13.2 Å². The molecule has 0 radical (unpaired) electrons. The van der Waals surface area contributed by atoms with Crippen molar-refractivity contribution in [1.29, 1.82) is 0 Å². The van der Waals surface area contributed by atoms with Crippen LogP contribution >= 0.6 is 0 Å². The summed E-state index contributed by atoms with van der Waals surface area (Å²) in [6, 6.07) is 6.72. The van der Waals surface area contributed by atoms with Crippen molar-refractivity contribution >= 4 is 10.0 Å². The van der Waals surface area contributed by atoms with Gasteiger partial charge in [-0.05, 0) is 43.2 Å². The monoisotopic (exact) mass is 309 g/mol. The lowest BCUT2D eigenvalue weighted by atomic mass is 10.2. The van der Waals surface area contributed by atoms with Crippen LogP contribution in [0.3, 0.4) is 0 Å². The minimum atomic E-state index is -3.69. The molecular formula is C14H19N3O3S. The van der Waals surface area contributed by atoms with Gasteiger partial charge in [-0.25, -0.2) is 13.6 Å². The summed E-state index contributed by atoms with van der Waals surface area (Å²) >= 11 is 0. The average molecular weight is 309 g/mol. The number of rotatable bonds is 5. The van der Waals surface area contributed by atoms with E-state index >= 15 is 0 Å². The van der Waals surface area contributed by atoms with Crippen LogP contribution in [0.5, 0.6) is 5.75 Å². The number of nitrogens with two attached hydrogens (primary N) is 1. The second-order valence-corrected chi connectivity index (χ2v) is 6.40. The Bertz CT molecular complexity index is 751. The molecule has 0 aliphatic heterocycles. The summed E-state index contributed by atoms with van der Waals surface area (Å²) in [5, 5.41) is 9.48. The van der Waals surface area contributed by atoms with E-state index < -0.39 is 10.0 Å². The number of hydrogen-bond donors (Lipinski definition) is 1. The summed E-state index contributed by atoms with van der Waals surface area (Å²) in [7, 11) is -1.83. The second-order valence-electron chi connectivity index (χ2n) is 4.87. The summed E-state index contributed by atoms with van der Waals surface area (Å²) in [4.78, 5) is 0.114. The summed E-state index contributed by atoms with van der Waals surface area (Å²) in [5.41, 5.74) is 2.53. The summed E-state index contributed by atoms with van der Waals surface area (Å²) in [5.74, 6) is 0.596. The standard InChI is InChI=1S/C14H19N3O3S/c1-4-11-8-12(17(3)16-11)9-20-13-5-6-14(10(2)7-13)21(15,18)19/h5-8H,4,9H2,1-3H3,(H2,15,18,19). The lowest BCUT2D eigenvalue weighted by Crippen LogP contribution is -2.13. The fourth-order valence-electron chi connectivity index (χ4n) is 2.07. The normalized spacial score (nSPS) is 11.6. The fourth-order valence-corrected chi connectivity index (χ4v) is 2.83. The fraction of sp³-hybridized carbons (Fsp3) is 0.357. The van der Waals surface area contributed by atoms with E-state index in [4.69, 9.17) is 9.88 Å². The molecule has 0 atom stereocenters. The molecule has 0 spiro atoms. The summed E-state index contributed by atoms with van der Waals surface area (Å²) < 4.78 is 30.2. The Morgan fingerprint density at radius 2 is 2.05 bits per heavy atom. The van der Waals surface area contributed by atoms with Crippen molar-refractivity contribution in [3.63, 3.8) is 0 Å². The molecule has 114 valence electrons. The van der Waals surface area contributed by atoms with Crippen LogP contribution in [-0.4, -0.2) is 18.2 Å². The topological polar surface area (TPSA) is 87.2 Å². The Hall–Kier alpha value is -1.86. The molecule has 0 unspecified atom stereocenters. The van der Waals surface area contributed by atoms with Gasteiger partial charge in [-0.15, -0.1) is 0 Å². The number of aromatic nitrogens is 2. The number of hydrogen-bond acceptors (Lipinski definition) is 4.